The second kappa shape index (κ2) is 6.36. The number of benzene rings is 1. The Kier molecular flexibility index (Phi) is 4.11. The van der Waals surface area contributed by atoms with Gasteiger partial charge < -0.3 is 14.4 Å². The molecule has 0 bridgehead atoms. The molecule has 0 saturated carbocycles. The van der Waals surface area contributed by atoms with Gasteiger partial charge in [-0.2, -0.15) is 4.68 Å². The van der Waals surface area contributed by atoms with Crippen molar-refractivity contribution in [1.82, 2.24) is 25.1 Å². The van der Waals surface area contributed by atoms with E-state index >= 15 is 0 Å². The van der Waals surface area contributed by atoms with Gasteiger partial charge >= 0.3 is 0 Å². The molecule has 3 rings (SSSR count). The summed E-state index contributed by atoms with van der Waals surface area (Å²) in [4.78, 5) is 2.19. The number of hydrogen-bond acceptors (Lipinski definition) is 6. The van der Waals surface area contributed by atoms with Crippen molar-refractivity contribution in [3.05, 3.63) is 36.3 Å². The Balaban J connectivity index is 1.77. The molecule has 7 heteroatoms. The molecule has 0 radical (unpaired) electrons. The third kappa shape index (κ3) is 3.19. The lowest BCUT2D eigenvalue weighted by atomic mass is 10.3. The van der Waals surface area contributed by atoms with Crippen molar-refractivity contribution >= 4 is 6.08 Å². The molecule has 0 aliphatic carbocycles. The van der Waals surface area contributed by atoms with Gasteiger partial charge in [-0.1, -0.05) is 0 Å². The lowest BCUT2D eigenvalue weighted by Gasteiger charge is -2.24. The molecule has 1 saturated heterocycles. The predicted octanol–water partition coefficient (Wildman–Crippen LogP) is 0.974. The average molecular weight is 287 g/mol. The van der Waals surface area contributed by atoms with Crippen molar-refractivity contribution in [3.8, 4) is 11.4 Å². The van der Waals surface area contributed by atoms with Crippen LogP contribution in [-0.4, -0.2) is 58.5 Å². The number of aromatic nitrogens is 4. The van der Waals surface area contributed by atoms with Gasteiger partial charge in [0.25, 0.3) is 0 Å². The summed E-state index contributed by atoms with van der Waals surface area (Å²) in [5.74, 6) is 1.49. The van der Waals surface area contributed by atoms with Crippen LogP contribution in [0.2, 0.25) is 0 Å². The Hall–Kier alpha value is -2.41. The topological polar surface area (TPSA) is 65.3 Å². The Morgan fingerprint density at radius 1 is 1.19 bits per heavy atom. The maximum Gasteiger partial charge on any atom is 0.181 e. The molecule has 1 fully saturated rings. The van der Waals surface area contributed by atoms with E-state index in [2.05, 4.69) is 20.4 Å². The number of tetrazole rings is 1. The van der Waals surface area contributed by atoms with E-state index < -0.39 is 0 Å². The lowest BCUT2D eigenvalue weighted by Crippen LogP contribution is -2.31. The zero-order valence-corrected chi connectivity index (χ0v) is 11.8. The van der Waals surface area contributed by atoms with Crippen LogP contribution < -0.4 is 4.74 Å². The van der Waals surface area contributed by atoms with E-state index in [9.17, 15) is 0 Å². The van der Waals surface area contributed by atoms with Crippen LogP contribution in [0.3, 0.4) is 0 Å². The summed E-state index contributed by atoms with van der Waals surface area (Å²) in [6.45, 7) is 3.29. The normalized spacial score (nSPS) is 15.6. The molecule has 1 aromatic carbocycles. The van der Waals surface area contributed by atoms with Gasteiger partial charge in [0.1, 0.15) is 5.75 Å². The first-order chi connectivity index (χ1) is 10.4. The van der Waals surface area contributed by atoms with Gasteiger partial charge in [-0.05, 0) is 34.7 Å². The van der Waals surface area contributed by atoms with Gasteiger partial charge in [0.05, 0.1) is 26.0 Å². The van der Waals surface area contributed by atoms with Gasteiger partial charge in [0.15, 0.2) is 5.82 Å². The molecule has 1 aromatic heterocycles. The van der Waals surface area contributed by atoms with Crippen molar-refractivity contribution in [2.45, 2.75) is 0 Å². The van der Waals surface area contributed by atoms with Crippen LogP contribution in [0.1, 0.15) is 5.82 Å². The molecular weight excluding hydrogens is 270 g/mol. The van der Waals surface area contributed by atoms with Crippen LogP contribution in [0.15, 0.2) is 30.5 Å². The first-order valence-electron chi connectivity index (χ1n) is 6.79. The van der Waals surface area contributed by atoms with Crippen LogP contribution in [-0.2, 0) is 4.74 Å². The third-order valence-corrected chi connectivity index (χ3v) is 3.29. The first-order valence-corrected chi connectivity index (χ1v) is 6.79. The highest BCUT2D eigenvalue weighted by molar-refractivity contribution is 5.45. The molecule has 1 aliphatic rings. The fourth-order valence-electron chi connectivity index (χ4n) is 2.10. The summed E-state index contributed by atoms with van der Waals surface area (Å²) in [7, 11) is 1.64. The van der Waals surface area contributed by atoms with Gasteiger partial charge in [0.2, 0.25) is 0 Å². The molecule has 7 nitrogen and oxygen atoms in total. The number of ether oxygens (including phenoxy) is 2. The highest BCUT2D eigenvalue weighted by Gasteiger charge is 2.08. The zero-order valence-electron chi connectivity index (χ0n) is 11.8. The van der Waals surface area contributed by atoms with Crippen LogP contribution in [0, 0.1) is 0 Å². The average Bonchev–Trinajstić information content (AvgIpc) is 3.02. The van der Waals surface area contributed by atoms with Gasteiger partial charge in [-0.3, -0.25) is 0 Å². The monoisotopic (exact) mass is 287 g/mol. The van der Waals surface area contributed by atoms with Crippen LogP contribution in [0.5, 0.6) is 5.75 Å². The molecule has 1 aliphatic heterocycles. The molecule has 2 aromatic rings. The quantitative estimate of drug-likeness (QED) is 0.835. The minimum Gasteiger partial charge on any atom is -0.497 e. The summed E-state index contributed by atoms with van der Waals surface area (Å²) in [6, 6.07) is 7.60. The second-order valence-electron chi connectivity index (χ2n) is 4.61. The van der Waals surface area contributed by atoms with Gasteiger partial charge in [-0.15, -0.1) is 5.10 Å². The number of methoxy groups -OCH3 is 1. The van der Waals surface area contributed by atoms with Crippen LogP contribution in [0.25, 0.3) is 11.8 Å². The van der Waals surface area contributed by atoms with E-state index in [1.54, 1.807) is 11.8 Å². The minimum absolute atomic E-state index is 0.687. The van der Waals surface area contributed by atoms with E-state index in [1.807, 2.05) is 36.5 Å². The largest absolute Gasteiger partial charge is 0.497 e. The Morgan fingerprint density at radius 3 is 2.67 bits per heavy atom. The number of rotatable bonds is 4. The second-order valence-corrected chi connectivity index (χ2v) is 4.61. The third-order valence-electron chi connectivity index (χ3n) is 3.29. The van der Waals surface area contributed by atoms with Crippen LogP contribution in [0.4, 0.5) is 0 Å². The standard InChI is InChI=1S/C14H17N5O2/c1-20-13-4-2-12(3-5-13)19-14(15-16-17-19)6-7-18-8-10-21-11-9-18/h2-7H,8-11H2,1H3/b7-6+. The molecule has 110 valence electrons. The number of nitrogens with zero attached hydrogens (tertiary/aromatic N) is 5. The van der Waals surface area contributed by atoms with E-state index in [1.165, 1.54) is 0 Å². The predicted molar refractivity (Wildman–Crippen MR) is 77.1 cm³/mol. The van der Waals surface area contributed by atoms with Crippen LogP contribution >= 0.6 is 0 Å². The molecule has 0 spiro atoms. The van der Waals surface area contributed by atoms with Crippen molar-refractivity contribution < 1.29 is 9.47 Å². The lowest BCUT2D eigenvalue weighted by molar-refractivity contribution is 0.0597. The summed E-state index contributed by atoms with van der Waals surface area (Å²) >= 11 is 0. The van der Waals surface area contributed by atoms with Gasteiger partial charge in [0, 0.05) is 25.4 Å². The smallest absolute Gasteiger partial charge is 0.181 e. The minimum atomic E-state index is 0.687. The Labute approximate surface area is 122 Å². The summed E-state index contributed by atoms with van der Waals surface area (Å²) in [5.41, 5.74) is 0.891. The molecule has 21 heavy (non-hydrogen) atoms. The van der Waals surface area contributed by atoms with E-state index in [4.69, 9.17) is 9.47 Å². The highest BCUT2D eigenvalue weighted by Crippen LogP contribution is 2.15. The van der Waals surface area contributed by atoms with E-state index in [0.29, 0.717) is 5.82 Å². The van der Waals surface area contributed by atoms with Crippen molar-refractivity contribution in [2.75, 3.05) is 33.4 Å². The van der Waals surface area contributed by atoms with E-state index in [0.717, 1.165) is 37.7 Å². The summed E-state index contributed by atoms with van der Waals surface area (Å²) < 4.78 is 12.2. The molecule has 0 N–H and O–H groups in total. The first kappa shape index (κ1) is 13.6. The fraction of sp³-hybridized carbons (Fsp3) is 0.357. The number of morpholine rings is 1. The molecule has 0 amide bonds. The maximum absolute atomic E-state index is 5.32. The van der Waals surface area contributed by atoms with Crippen molar-refractivity contribution in [3.63, 3.8) is 0 Å². The molecular formula is C14H17N5O2. The fourth-order valence-corrected chi connectivity index (χ4v) is 2.10. The molecule has 0 unspecified atom stereocenters. The Morgan fingerprint density at radius 2 is 1.95 bits per heavy atom. The number of hydrogen-bond donors (Lipinski definition) is 0. The maximum atomic E-state index is 5.32. The molecule has 2 heterocycles. The van der Waals surface area contributed by atoms with Crippen molar-refractivity contribution in [1.29, 1.82) is 0 Å². The van der Waals surface area contributed by atoms with Crippen molar-refractivity contribution in [2.24, 2.45) is 0 Å². The SMILES string of the molecule is COc1ccc(-n2nnnc2/C=C/N2CCOCC2)cc1. The summed E-state index contributed by atoms with van der Waals surface area (Å²) in [6.07, 6.45) is 3.92. The Bertz CT molecular complexity index is 602. The zero-order chi connectivity index (χ0) is 14.5. The van der Waals surface area contributed by atoms with Gasteiger partial charge in [-0.25, -0.2) is 0 Å². The van der Waals surface area contributed by atoms with E-state index in [-0.39, 0.29) is 0 Å². The highest BCUT2D eigenvalue weighted by atomic mass is 16.5. The molecule has 0 atom stereocenters. The summed E-state index contributed by atoms with van der Waals surface area (Å²) in [5, 5.41) is 11.8.